The lowest BCUT2D eigenvalue weighted by Gasteiger charge is -2.38. The fraction of sp³-hybridized carbons (Fsp3) is 0.750. The van der Waals surface area contributed by atoms with Gasteiger partial charge in [0, 0.05) is 24.3 Å². The third-order valence-electron chi connectivity index (χ3n) is 3.71. The molecule has 106 valence electrons. The van der Waals surface area contributed by atoms with Crippen molar-refractivity contribution in [2.24, 2.45) is 17.1 Å². The minimum absolute atomic E-state index is 0.00871. The number of carbonyl (C=O) groups excluding carboxylic acids is 1. The summed E-state index contributed by atoms with van der Waals surface area (Å²) in [6, 6.07) is 0. The van der Waals surface area contributed by atoms with E-state index in [1.54, 1.807) is 0 Å². The monoisotopic (exact) mass is 272 g/mol. The number of halogens is 2. The molecule has 0 saturated heterocycles. The third-order valence-corrected chi connectivity index (χ3v) is 3.71. The Morgan fingerprint density at radius 3 is 2.58 bits per heavy atom. The van der Waals surface area contributed by atoms with Gasteiger partial charge in [-0.3, -0.25) is 4.79 Å². The molecule has 1 atom stereocenters. The van der Waals surface area contributed by atoms with E-state index in [4.69, 9.17) is 5.73 Å². The Morgan fingerprint density at radius 2 is 2.05 bits per heavy atom. The fourth-order valence-corrected chi connectivity index (χ4v) is 2.44. The normalized spacial score (nSPS) is 20.2. The Balaban J connectivity index is 2.32. The first kappa shape index (κ1) is 13.9. The van der Waals surface area contributed by atoms with Crippen molar-refractivity contribution in [1.82, 2.24) is 15.0 Å². The van der Waals surface area contributed by atoms with Gasteiger partial charge in [-0.1, -0.05) is 26.0 Å². The van der Waals surface area contributed by atoms with Crippen molar-refractivity contribution >= 4 is 5.91 Å². The average molecular weight is 272 g/mol. The highest BCUT2D eigenvalue weighted by Gasteiger charge is 2.51. The van der Waals surface area contributed by atoms with Crippen molar-refractivity contribution in [1.29, 1.82) is 0 Å². The summed E-state index contributed by atoms with van der Waals surface area (Å²) in [4.78, 5) is 11.2. The molecule has 1 aromatic rings. The SMILES string of the molecule is CC(C)(C)C(F)(F)C1CCn2nnc(C(N)=O)c2C1. The van der Waals surface area contributed by atoms with Gasteiger partial charge in [0.1, 0.15) is 0 Å². The van der Waals surface area contributed by atoms with Crippen molar-refractivity contribution in [2.45, 2.75) is 46.1 Å². The summed E-state index contributed by atoms with van der Waals surface area (Å²) in [6.07, 6.45) is 0.397. The Labute approximate surface area is 110 Å². The van der Waals surface area contributed by atoms with Gasteiger partial charge >= 0.3 is 0 Å². The number of alkyl halides is 2. The summed E-state index contributed by atoms with van der Waals surface area (Å²) < 4.78 is 30.3. The van der Waals surface area contributed by atoms with Crippen LogP contribution < -0.4 is 5.73 Å². The molecule has 1 aliphatic heterocycles. The molecule has 0 aromatic carbocycles. The second-order valence-corrected chi connectivity index (χ2v) is 6.03. The van der Waals surface area contributed by atoms with Crippen LogP contribution in [-0.2, 0) is 13.0 Å². The summed E-state index contributed by atoms with van der Waals surface area (Å²) >= 11 is 0. The van der Waals surface area contributed by atoms with Crippen LogP contribution >= 0.6 is 0 Å². The van der Waals surface area contributed by atoms with Crippen LogP contribution in [0.4, 0.5) is 8.78 Å². The van der Waals surface area contributed by atoms with Crippen LogP contribution in [0.1, 0.15) is 43.4 Å². The number of amides is 1. The summed E-state index contributed by atoms with van der Waals surface area (Å²) in [5.41, 5.74) is 4.49. The molecule has 1 unspecified atom stereocenters. The van der Waals surface area contributed by atoms with E-state index in [1.165, 1.54) is 25.5 Å². The highest BCUT2D eigenvalue weighted by atomic mass is 19.3. The predicted octanol–water partition coefficient (Wildman–Crippen LogP) is 1.62. The van der Waals surface area contributed by atoms with Crippen LogP contribution in [0.2, 0.25) is 0 Å². The van der Waals surface area contributed by atoms with Gasteiger partial charge in [-0.25, -0.2) is 13.5 Å². The zero-order valence-corrected chi connectivity index (χ0v) is 11.3. The van der Waals surface area contributed by atoms with Gasteiger partial charge in [0.15, 0.2) is 5.69 Å². The maximum atomic E-state index is 14.4. The lowest BCUT2D eigenvalue weighted by atomic mass is 9.76. The van der Waals surface area contributed by atoms with E-state index in [-0.39, 0.29) is 12.1 Å². The molecule has 0 aliphatic carbocycles. The van der Waals surface area contributed by atoms with Crippen molar-refractivity contribution in [2.75, 3.05) is 0 Å². The molecule has 0 spiro atoms. The van der Waals surface area contributed by atoms with Crippen LogP contribution in [0.3, 0.4) is 0 Å². The molecule has 2 N–H and O–H groups in total. The number of aromatic nitrogens is 3. The third kappa shape index (κ3) is 2.21. The Kier molecular flexibility index (Phi) is 3.10. The molecule has 0 radical (unpaired) electrons. The Morgan fingerprint density at radius 1 is 1.42 bits per heavy atom. The van der Waals surface area contributed by atoms with Gasteiger partial charge in [-0.2, -0.15) is 0 Å². The number of fused-ring (bicyclic) bond motifs is 1. The van der Waals surface area contributed by atoms with E-state index in [2.05, 4.69) is 10.3 Å². The molecule has 0 saturated carbocycles. The van der Waals surface area contributed by atoms with Gasteiger partial charge in [0.2, 0.25) is 0 Å². The number of nitrogens with zero attached hydrogens (tertiary/aromatic N) is 3. The predicted molar refractivity (Wildman–Crippen MR) is 64.8 cm³/mol. The lowest BCUT2D eigenvalue weighted by Crippen LogP contribution is -2.44. The molecule has 2 rings (SSSR count). The van der Waals surface area contributed by atoms with Gasteiger partial charge in [-0.05, 0) is 6.42 Å². The summed E-state index contributed by atoms with van der Waals surface area (Å²) in [5, 5.41) is 7.45. The maximum absolute atomic E-state index is 14.4. The van der Waals surface area contributed by atoms with Gasteiger partial charge < -0.3 is 5.73 Å². The van der Waals surface area contributed by atoms with Crippen LogP contribution in [-0.4, -0.2) is 26.8 Å². The molecule has 0 fully saturated rings. The number of aryl methyl sites for hydroxylation is 1. The highest BCUT2D eigenvalue weighted by Crippen LogP contribution is 2.45. The number of primary amides is 1. The molecule has 1 aliphatic rings. The van der Waals surface area contributed by atoms with Gasteiger partial charge in [0.05, 0.1) is 5.69 Å². The number of carbonyl (C=O) groups is 1. The molecule has 7 heteroatoms. The molecule has 2 heterocycles. The van der Waals surface area contributed by atoms with Crippen LogP contribution in [0.15, 0.2) is 0 Å². The standard InChI is InChI=1S/C12H18F2N4O/c1-11(2,3)12(13,14)7-4-5-18-8(6-7)9(10(15)19)16-17-18/h7H,4-6H2,1-3H3,(H2,15,19). The molecule has 19 heavy (non-hydrogen) atoms. The van der Waals surface area contributed by atoms with E-state index in [0.29, 0.717) is 18.7 Å². The zero-order valence-electron chi connectivity index (χ0n) is 11.3. The van der Waals surface area contributed by atoms with E-state index in [1.807, 2.05) is 0 Å². The molecular formula is C12H18F2N4O. The zero-order chi connectivity index (χ0) is 14.4. The Bertz CT molecular complexity index is 504. The van der Waals surface area contributed by atoms with Crippen molar-refractivity contribution in [3.8, 4) is 0 Å². The topological polar surface area (TPSA) is 73.8 Å². The minimum Gasteiger partial charge on any atom is -0.364 e. The van der Waals surface area contributed by atoms with Crippen LogP contribution in [0, 0.1) is 11.3 Å². The maximum Gasteiger partial charge on any atom is 0.271 e. The minimum atomic E-state index is -2.82. The van der Waals surface area contributed by atoms with E-state index in [0.717, 1.165) is 0 Å². The molecule has 1 aromatic heterocycles. The first-order chi connectivity index (χ1) is 8.64. The summed E-state index contributed by atoms with van der Waals surface area (Å²) in [5.74, 6) is -4.37. The van der Waals surface area contributed by atoms with Crippen LogP contribution in [0.25, 0.3) is 0 Å². The first-order valence-corrected chi connectivity index (χ1v) is 6.24. The van der Waals surface area contributed by atoms with Crippen molar-refractivity contribution < 1.29 is 13.6 Å². The first-order valence-electron chi connectivity index (χ1n) is 6.24. The summed E-state index contributed by atoms with van der Waals surface area (Å²) in [6.45, 7) is 4.90. The second-order valence-electron chi connectivity index (χ2n) is 6.03. The van der Waals surface area contributed by atoms with E-state index in [9.17, 15) is 13.6 Å². The molecular weight excluding hydrogens is 254 g/mol. The van der Waals surface area contributed by atoms with E-state index < -0.39 is 23.2 Å². The quantitative estimate of drug-likeness (QED) is 0.889. The Hall–Kier alpha value is -1.53. The fourth-order valence-electron chi connectivity index (χ4n) is 2.44. The average Bonchev–Trinajstić information content (AvgIpc) is 2.69. The molecule has 0 bridgehead atoms. The second kappa shape index (κ2) is 4.25. The van der Waals surface area contributed by atoms with Crippen molar-refractivity contribution in [3.63, 3.8) is 0 Å². The largest absolute Gasteiger partial charge is 0.364 e. The lowest BCUT2D eigenvalue weighted by molar-refractivity contribution is -0.148. The van der Waals surface area contributed by atoms with Crippen LogP contribution in [0.5, 0.6) is 0 Å². The van der Waals surface area contributed by atoms with Gasteiger partial charge in [0.25, 0.3) is 11.8 Å². The number of hydrogen-bond donors (Lipinski definition) is 1. The highest BCUT2D eigenvalue weighted by molar-refractivity contribution is 5.91. The molecule has 1 amide bonds. The number of rotatable bonds is 2. The van der Waals surface area contributed by atoms with Crippen molar-refractivity contribution in [3.05, 3.63) is 11.4 Å². The van der Waals surface area contributed by atoms with E-state index >= 15 is 0 Å². The van der Waals surface area contributed by atoms with Gasteiger partial charge in [-0.15, -0.1) is 5.10 Å². The smallest absolute Gasteiger partial charge is 0.271 e. The number of hydrogen-bond acceptors (Lipinski definition) is 3. The summed E-state index contributed by atoms with van der Waals surface area (Å²) in [7, 11) is 0. The molecule has 5 nitrogen and oxygen atoms in total. The number of nitrogens with two attached hydrogens (primary N) is 1.